The van der Waals surface area contributed by atoms with Crippen LogP contribution in [-0.2, 0) is 9.59 Å². The van der Waals surface area contributed by atoms with Crippen molar-refractivity contribution in [2.75, 3.05) is 4.90 Å². The van der Waals surface area contributed by atoms with Crippen molar-refractivity contribution in [2.45, 2.75) is 18.8 Å². The molecule has 0 aromatic heterocycles. The highest BCUT2D eigenvalue weighted by Gasteiger charge is 2.68. The van der Waals surface area contributed by atoms with Crippen LogP contribution in [-0.4, -0.2) is 11.8 Å². The normalized spacial score (nSPS) is 28.4. The van der Waals surface area contributed by atoms with E-state index in [1.807, 2.05) is 31.2 Å². The van der Waals surface area contributed by atoms with Crippen LogP contribution in [0.3, 0.4) is 0 Å². The Balaban J connectivity index is 1.61. The van der Waals surface area contributed by atoms with E-state index in [0.717, 1.165) is 22.3 Å². The molecule has 0 N–H and O–H groups in total. The van der Waals surface area contributed by atoms with Gasteiger partial charge in [-0.15, -0.1) is 0 Å². The fourth-order valence-corrected chi connectivity index (χ4v) is 6.28. The number of anilines is 1. The number of imide groups is 1. The second-order valence-corrected chi connectivity index (χ2v) is 9.32. The number of carbonyl (C=O) groups excluding carboxylic acids is 2. The second kappa shape index (κ2) is 5.96. The van der Waals surface area contributed by atoms with Gasteiger partial charge in [0.15, 0.2) is 0 Å². The molecule has 0 spiro atoms. The molecule has 0 radical (unpaired) electrons. The molecule has 1 aliphatic heterocycles. The highest BCUT2D eigenvalue weighted by molar-refractivity contribution is 6.42. The summed E-state index contributed by atoms with van der Waals surface area (Å²) >= 11 is 12.3. The molecule has 0 unspecified atom stereocenters. The number of amides is 2. The predicted octanol–water partition coefficient (Wildman–Crippen LogP) is 5.78. The third-order valence-corrected chi connectivity index (χ3v) is 7.91. The van der Waals surface area contributed by atoms with Crippen LogP contribution in [0.25, 0.3) is 0 Å². The Kier molecular flexibility index (Phi) is 3.61. The SMILES string of the molecule is C[C@]12C(=O)N(c3ccc(Cl)c(Cl)c3)C(=O)[C@@H]1C1c3ccccc3C2c2ccccc21. The smallest absolute Gasteiger partial charge is 0.241 e. The minimum atomic E-state index is -0.851. The second-order valence-electron chi connectivity index (χ2n) is 8.51. The molecule has 30 heavy (non-hydrogen) atoms. The lowest BCUT2D eigenvalue weighted by atomic mass is 9.48. The van der Waals surface area contributed by atoms with Crippen LogP contribution < -0.4 is 4.90 Å². The largest absolute Gasteiger partial charge is 0.274 e. The van der Waals surface area contributed by atoms with Gasteiger partial charge in [0.05, 0.1) is 27.1 Å². The van der Waals surface area contributed by atoms with E-state index in [0.29, 0.717) is 15.7 Å². The van der Waals surface area contributed by atoms with E-state index in [1.165, 1.54) is 4.90 Å². The first-order chi connectivity index (χ1) is 14.4. The standard InChI is InChI=1S/C25H17Cl2NO2/c1-25-21-16-8-4-2-6-14(16)20(15-7-3-5-9-17(15)21)22(25)23(29)28(24(25)30)13-10-11-18(26)19(27)12-13/h2-12,20-22H,1H3/t20?,21?,22-,25+/m0/s1. The fourth-order valence-electron chi connectivity index (χ4n) is 5.98. The predicted molar refractivity (Wildman–Crippen MR) is 117 cm³/mol. The number of hydrogen-bond donors (Lipinski definition) is 0. The van der Waals surface area contributed by atoms with Gasteiger partial charge in [-0.2, -0.15) is 0 Å². The molecule has 5 heteroatoms. The molecule has 0 saturated carbocycles. The monoisotopic (exact) mass is 433 g/mol. The number of benzene rings is 3. The van der Waals surface area contributed by atoms with Crippen molar-refractivity contribution in [3.63, 3.8) is 0 Å². The number of rotatable bonds is 1. The van der Waals surface area contributed by atoms with Crippen molar-refractivity contribution in [2.24, 2.45) is 11.3 Å². The van der Waals surface area contributed by atoms with Crippen molar-refractivity contribution in [1.29, 1.82) is 0 Å². The summed E-state index contributed by atoms with van der Waals surface area (Å²) in [5, 5.41) is 0.715. The summed E-state index contributed by atoms with van der Waals surface area (Å²) in [7, 11) is 0. The Hall–Kier alpha value is -2.62. The van der Waals surface area contributed by atoms with Crippen molar-refractivity contribution in [1.82, 2.24) is 0 Å². The Morgan fingerprint density at radius 1 is 0.800 bits per heavy atom. The van der Waals surface area contributed by atoms with Gasteiger partial charge < -0.3 is 0 Å². The van der Waals surface area contributed by atoms with Crippen LogP contribution in [0.1, 0.15) is 41.0 Å². The van der Waals surface area contributed by atoms with E-state index in [2.05, 4.69) is 24.3 Å². The fraction of sp³-hybridized carbons (Fsp3) is 0.200. The molecule has 3 aromatic rings. The van der Waals surface area contributed by atoms with Gasteiger partial charge in [-0.25, -0.2) is 4.90 Å². The maximum Gasteiger partial charge on any atom is 0.241 e. The third-order valence-electron chi connectivity index (χ3n) is 7.17. The highest BCUT2D eigenvalue weighted by Crippen LogP contribution is 2.67. The molecule has 7 rings (SSSR count). The van der Waals surface area contributed by atoms with Crippen LogP contribution in [0.5, 0.6) is 0 Å². The molecule has 2 amide bonds. The first-order valence-corrected chi connectivity index (χ1v) is 10.7. The van der Waals surface area contributed by atoms with Gasteiger partial charge in [-0.3, -0.25) is 9.59 Å². The van der Waals surface area contributed by atoms with Crippen LogP contribution in [0.2, 0.25) is 10.0 Å². The summed E-state index contributed by atoms with van der Waals surface area (Å²) in [6.07, 6.45) is 0. The maximum absolute atomic E-state index is 13.9. The number of carbonyl (C=O) groups is 2. The molecule has 148 valence electrons. The molecule has 1 saturated heterocycles. The van der Waals surface area contributed by atoms with Crippen molar-refractivity contribution in [3.8, 4) is 0 Å². The lowest BCUT2D eigenvalue weighted by Crippen LogP contribution is -2.49. The summed E-state index contributed by atoms with van der Waals surface area (Å²) in [6.45, 7) is 1.96. The Morgan fingerprint density at radius 2 is 1.37 bits per heavy atom. The number of nitrogens with zero attached hydrogens (tertiary/aromatic N) is 1. The molecule has 2 atom stereocenters. The molecular formula is C25H17Cl2NO2. The van der Waals surface area contributed by atoms with E-state index < -0.39 is 11.3 Å². The Bertz CT molecular complexity index is 1220. The topological polar surface area (TPSA) is 37.4 Å². The van der Waals surface area contributed by atoms with Crippen molar-refractivity contribution >= 4 is 40.7 Å². The van der Waals surface area contributed by atoms with E-state index in [-0.39, 0.29) is 23.7 Å². The minimum absolute atomic E-state index is 0.142. The average Bonchev–Trinajstić information content (AvgIpc) is 2.96. The van der Waals surface area contributed by atoms with Crippen LogP contribution in [0.15, 0.2) is 66.7 Å². The van der Waals surface area contributed by atoms with Gasteiger partial charge in [-0.1, -0.05) is 71.7 Å². The summed E-state index contributed by atoms with van der Waals surface area (Å²) in [5.74, 6) is -1.09. The van der Waals surface area contributed by atoms with Gasteiger partial charge in [-0.05, 0) is 47.4 Å². The van der Waals surface area contributed by atoms with E-state index in [9.17, 15) is 9.59 Å². The summed E-state index contributed by atoms with van der Waals surface area (Å²) < 4.78 is 0. The Morgan fingerprint density at radius 3 is 1.93 bits per heavy atom. The zero-order valence-corrected chi connectivity index (χ0v) is 17.6. The maximum atomic E-state index is 13.9. The zero-order valence-electron chi connectivity index (χ0n) is 16.1. The van der Waals surface area contributed by atoms with E-state index in [1.54, 1.807) is 18.2 Å². The van der Waals surface area contributed by atoms with E-state index >= 15 is 0 Å². The summed E-state index contributed by atoms with van der Waals surface area (Å²) in [5.41, 5.74) is 4.23. The first-order valence-electron chi connectivity index (χ1n) is 9.95. The van der Waals surface area contributed by atoms with Crippen LogP contribution in [0, 0.1) is 11.3 Å². The van der Waals surface area contributed by atoms with Gasteiger partial charge in [0.1, 0.15) is 0 Å². The molecule has 1 fully saturated rings. The molecule has 1 heterocycles. The van der Waals surface area contributed by atoms with Gasteiger partial charge in [0, 0.05) is 11.8 Å². The molecular weight excluding hydrogens is 417 g/mol. The minimum Gasteiger partial charge on any atom is -0.274 e. The van der Waals surface area contributed by atoms with E-state index in [4.69, 9.17) is 23.2 Å². The lowest BCUT2D eigenvalue weighted by molar-refractivity contribution is -0.128. The zero-order chi connectivity index (χ0) is 20.8. The van der Waals surface area contributed by atoms with Gasteiger partial charge >= 0.3 is 0 Å². The van der Waals surface area contributed by atoms with Crippen LogP contribution in [0.4, 0.5) is 5.69 Å². The average molecular weight is 434 g/mol. The highest BCUT2D eigenvalue weighted by atomic mass is 35.5. The lowest BCUT2D eigenvalue weighted by Gasteiger charge is -2.51. The summed E-state index contributed by atoms with van der Waals surface area (Å²) in [4.78, 5) is 29.0. The number of halogens is 2. The van der Waals surface area contributed by atoms with Crippen LogP contribution >= 0.6 is 23.2 Å². The molecule has 3 aliphatic carbocycles. The van der Waals surface area contributed by atoms with Gasteiger partial charge in [0.25, 0.3) is 0 Å². The Labute approximate surface area is 184 Å². The van der Waals surface area contributed by atoms with Crippen molar-refractivity contribution in [3.05, 3.63) is 99.0 Å². The third kappa shape index (κ3) is 2.02. The first kappa shape index (κ1) is 18.2. The molecule has 4 aliphatic rings. The molecule has 3 nitrogen and oxygen atoms in total. The summed E-state index contributed by atoms with van der Waals surface area (Å²) in [6, 6.07) is 21.4. The van der Waals surface area contributed by atoms with Gasteiger partial charge in [0.2, 0.25) is 11.8 Å². The quantitative estimate of drug-likeness (QED) is 0.456. The number of hydrogen-bond acceptors (Lipinski definition) is 2. The van der Waals surface area contributed by atoms with Crippen molar-refractivity contribution < 1.29 is 9.59 Å². The molecule has 2 bridgehead atoms. The molecule has 3 aromatic carbocycles.